The lowest BCUT2D eigenvalue weighted by Crippen LogP contribution is -2.18. The molecule has 0 bridgehead atoms. The van der Waals surface area contributed by atoms with E-state index in [1.807, 2.05) is 13.8 Å². The van der Waals surface area contributed by atoms with E-state index in [2.05, 4.69) is 0 Å². The standard InChI is InChI=1S/C8H16Cl2O/c1-6(9)4-8(11-3)5-7(2)10/h6-8H,4-5H2,1-3H3. The van der Waals surface area contributed by atoms with Crippen molar-refractivity contribution in [3.05, 3.63) is 0 Å². The number of ether oxygens (including phenoxy) is 1. The fraction of sp³-hybridized carbons (Fsp3) is 1.00. The molecular weight excluding hydrogens is 183 g/mol. The van der Waals surface area contributed by atoms with Crippen LogP contribution in [-0.4, -0.2) is 24.0 Å². The summed E-state index contributed by atoms with van der Waals surface area (Å²) in [5.41, 5.74) is 0. The summed E-state index contributed by atoms with van der Waals surface area (Å²) in [6, 6.07) is 0. The Morgan fingerprint density at radius 3 is 1.64 bits per heavy atom. The molecule has 0 saturated heterocycles. The van der Waals surface area contributed by atoms with Gasteiger partial charge >= 0.3 is 0 Å². The zero-order valence-electron chi connectivity index (χ0n) is 7.31. The van der Waals surface area contributed by atoms with Crippen LogP contribution in [-0.2, 0) is 4.74 Å². The fourth-order valence-electron chi connectivity index (χ4n) is 1.01. The number of methoxy groups -OCH3 is 1. The highest BCUT2D eigenvalue weighted by atomic mass is 35.5. The molecular formula is C8H16Cl2O. The molecule has 2 unspecified atom stereocenters. The molecule has 11 heavy (non-hydrogen) atoms. The van der Waals surface area contributed by atoms with Gasteiger partial charge in [0, 0.05) is 17.9 Å². The first-order valence-corrected chi connectivity index (χ1v) is 4.74. The van der Waals surface area contributed by atoms with Crippen LogP contribution in [0.1, 0.15) is 26.7 Å². The van der Waals surface area contributed by atoms with Crippen LogP contribution in [0.3, 0.4) is 0 Å². The van der Waals surface area contributed by atoms with Gasteiger partial charge in [-0.25, -0.2) is 0 Å². The summed E-state index contributed by atoms with van der Waals surface area (Å²) in [5.74, 6) is 0. The van der Waals surface area contributed by atoms with Crippen molar-refractivity contribution in [2.75, 3.05) is 7.11 Å². The molecule has 3 heteroatoms. The molecule has 0 radical (unpaired) electrons. The maximum Gasteiger partial charge on any atom is 0.0599 e. The van der Waals surface area contributed by atoms with Crippen LogP contribution >= 0.6 is 23.2 Å². The SMILES string of the molecule is COC(CC(C)Cl)CC(C)Cl. The van der Waals surface area contributed by atoms with E-state index in [9.17, 15) is 0 Å². The van der Waals surface area contributed by atoms with Gasteiger partial charge in [-0.1, -0.05) is 0 Å². The lowest BCUT2D eigenvalue weighted by atomic mass is 10.1. The van der Waals surface area contributed by atoms with Gasteiger partial charge in [0.2, 0.25) is 0 Å². The van der Waals surface area contributed by atoms with Crippen molar-refractivity contribution in [2.45, 2.75) is 43.5 Å². The lowest BCUT2D eigenvalue weighted by molar-refractivity contribution is 0.0883. The van der Waals surface area contributed by atoms with E-state index < -0.39 is 0 Å². The van der Waals surface area contributed by atoms with Gasteiger partial charge < -0.3 is 4.74 Å². The van der Waals surface area contributed by atoms with Gasteiger partial charge in [0.05, 0.1) is 6.10 Å². The second-order valence-corrected chi connectivity index (χ2v) is 4.38. The number of halogens is 2. The van der Waals surface area contributed by atoms with E-state index in [-0.39, 0.29) is 16.9 Å². The minimum absolute atomic E-state index is 0.162. The van der Waals surface area contributed by atoms with Crippen LogP contribution in [0.4, 0.5) is 0 Å². The Bertz CT molecular complexity index is 84.1. The number of hydrogen-bond acceptors (Lipinski definition) is 1. The summed E-state index contributed by atoms with van der Waals surface area (Å²) < 4.78 is 5.20. The van der Waals surface area contributed by atoms with Gasteiger partial charge in [-0.3, -0.25) is 0 Å². The van der Waals surface area contributed by atoms with E-state index in [4.69, 9.17) is 27.9 Å². The number of alkyl halides is 2. The van der Waals surface area contributed by atoms with Crippen LogP contribution in [0.5, 0.6) is 0 Å². The summed E-state index contributed by atoms with van der Waals surface area (Å²) in [6.45, 7) is 3.93. The Morgan fingerprint density at radius 1 is 1.09 bits per heavy atom. The Morgan fingerprint density at radius 2 is 1.45 bits per heavy atom. The van der Waals surface area contributed by atoms with Crippen LogP contribution in [0.25, 0.3) is 0 Å². The zero-order chi connectivity index (χ0) is 8.85. The highest BCUT2D eigenvalue weighted by molar-refractivity contribution is 6.20. The Balaban J connectivity index is 3.58. The number of hydrogen-bond donors (Lipinski definition) is 0. The molecule has 0 aliphatic heterocycles. The first-order valence-electron chi connectivity index (χ1n) is 3.87. The molecule has 2 atom stereocenters. The molecule has 0 saturated carbocycles. The third kappa shape index (κ3) is 6.92. The van der Waals surface area contributed by atoms with E-state index in [1.54, 1.807) is 7.11 Å². The molecule has 0 aliphatic rings. The topological polar surface area (TPSA) is 9.23 Å². The predicted molar refractivity (Wildman–Crippen MR) is 50.7 cm³/mol. The monoisotopic (exact) mass is 198 g/mol. The minimum atomic E-state index is 0.162. The maximum absolute atomic E-state index is 5.81. The van der Waals surface area contributed by atoms with Gasteiger partial charge in [0.15, 0.2) is 0 Å². The molecule has 0 amide bonds. The average Bonchev–Trinajstić information content (AvgIpc) is 1.84. The van der Waals surface area contributed by atoms with Crippen LogP contribution in [0.15, 0.2) is 0 Å². The highest BCUT2D eigenvalue weighted by Gasteiger charge is 2.12. The second kappa shape index (κ2) is 6.10. The molecule has 1 nitrogen and oxygen atoms in total. The average molecular weight is 199 g/mol. The van der Waals surface area contributed by atoms with Crippen LogP contribution in [0.2, 0.25) is 0 Å². The van der Waals surface area contributed by atoms with Crippen molar-refractivity contribution in [1.29, 1.82) is 0 Å². The predicted octanol–water partition coefficient (Wildman–Crippen LogP) is 3.04. The Hall–Kier alpha value is 0.540. The van der Waals surface area contributed by atoms with E-state index in [1.165, 1.54) is 0 Å². The molecule has 0 fully saturated rings. The molecule has 0 rings (SSSR count). The molecule has 0 aliphatic carbocycles. The van der Waals surface area contributed by atoms with Gasteiger partial charge in [-0.2, -0.15) is 0 Å². The van der Waals surface area contributed by atoms with Crippen molar-refractivity contribution in [3.8, 4) is 0 Å². The maximum atomic E-state index is 5.81. The van der Waals surface area contributed by atoms with Crippen molar-refractivity contribution in [2.24, 2.45) is 0 Å². The molecule has 0 aromatic heterocycles. The quantitative estimate of drug-likeness (QED) is 0.618. The first-order chi connectivity index (χ1) is 5.06. The molecule has 0 heterocycles. The Labute approximate surface area is 79.0 Å². The normalized spacial score (nSPS) is 19.4. The van der Waals surface area contributed by atoms with Gasteiger partial charge in [-0.15, -0.1) is 23.2 Å². The fourth-order valence-corrected chi connectivity index (χ4v) is 1.41. The molecule has 0 spiro atoms. The number of rotatable bonds is 5. The van der Waals surface area contributed by atoms with Gasteiger partial charge in [0.1, 0.15) is 0 Å². The van der Waals surface area contributed by atoms with E-state index in [0.29, 0.717) is 0 Å². The highest BCUT2D eigenvalue weighted by Crippen LogP contribution is 2.14. The van der Waals surface area contributed by atoms with Crippen molar-refractivity contribution in [1.82, 2.24) is 0 Å². The largest absolute Gasteiger partial charge is 0.381 e. The van der Waals surface area contributed by atoms with Crippen molar-refractivity contribution >= 4 is 23.2 Å². The molecule has 68 valence electrons. The first kappa shape index (κ1) is 11.5. The van der Waals surface area contributed by atoms with Gasteiger partial charge in [0.25, 0.3) is 0 Å². The Kier molecular flexibility index (Phi) is 6.40. The summed E-state index contributed by atoms with van der Waals surface area (Å²) in [7, 11) is 1.70. The third-order valence-electron chi connectivity index (χ3n) is 1.51. The van der Waals surface area contributed by atoms with Crippen LogP contribution < -0.4 is 0 Å². The smallest absolute Gasteiger partial charge is 0.0599 e. The van der Waals surface area contributed by atoms with Crippen molar-refractivity contribution < 1.29 is 4.74 Å². The molecule has 0 N–H and O–H groups in total. The second-order valence-electron chi connectivity index (χ2n) is 2.89. The summed E-state index contributed by atoms with van der Waals surface area (Å²) in [4.78, 5) is 0. The van der Waals surface area contributed by atoms with Crippen molar-refractivity contribution in [3.63, 3.8) is 0 Å². The third-order valence-corrected chi connectivity index (χ3v) is 1.87. The lowest BCUT2D eigenvalue weighted by Gasteiger charge is -2.17. The minimum Gasteiger partial charge on any atom is -0.381 e. The van der Waals surface area contributed by atoms with Crippen LogP contribution in [0, 0.1) is 0 Å². The molecule has 0 aromatic rings. The molecule has 0 aromatic carbocycles. The summed E-state index contributed by atoms with van der Waals surface area (Å²) >= 11 is 11.6. The summed E-state index contributed by atoms with van der Waals surface area (Å²) in [6.07, 6.45) is 1.94. The van der Waals surface area contributed by atoms with E-state index in [0.717, 1.165) is 12.8 Å². The van der Waals surface area contributed by atoms with Gasteiger partial charge in [-0.05, 0) is 26.7 Å². The summed E-state index contributed by atoms with van der Waals surface area (Å²) in [5, 5.41) is 0.325. The van der Waals surface area contributed by atoms with E-state index >= 15 is 0 Å². The zero-order valence-corrected chi connectivity index (χ0v) is 8.82.